The van der Waals surface area contributed by atoms with E-state index in [9.17, 15) is 4.79 Å². The summed E-state index contributed by atoms with van der Waals surface area (Å²) >= 11 is 0. The Morgan fingerprint density at radius 2 is 2.06 bits per heavy atom. The molecule has 0 saturated carbocycles. The van der Waals surface area contributed by atoms with Crippen LogP contribution in [0.5, 0.6) is 0 Å². The molecular weight excluding hydrogens is 200 g/mol. The molecule has 0 aliphatic rings. The van der Waals surface area contributed by atoms with E-state index in [0.29, 0.717) is 6.42 Å². The zero-order chi connectivity index (χ0) is 11.7. The molecule has 0 N–H and O–H groups in total. The molecule has 0 saturated heterocycles. The van der Waals surface area contributed by atoms with Crippen LogP contribution in [-0.4, -0.2) is 15.6 Å². The molecule has 1 heterocycles. The van der Waals surface area contributed by atoms with E-state index in [0.717, 1.165) is 16.6 Å². The summed E-state index contributed by atoms with van der Waals surface area (Å²) in [5.74, 6) is 0.310. The molecule has 0 fully saturated rings. The first-order chi connectivity index (χ1) is 7.59. The average Bonchev–Trinajstić information content (AvgIpc) is 2.57. The topological polar surface area (TPSA) is 34.9 Å². The second-order valence-electron chi connectivity index (χ2n) is 4.39. The molecule has 0 unspecified atom stereocenters. The number of hydrogen-bond acceptors (Lipinski definition) is 2. The van der Waals surface area contributed by atoms with E-state index < -0.39 is 0 Å². The molecule has 1 aromatic heterocycles. The predicted molar refractivity (Wildman–Crippen MR) is 64.3 cm³/mol. The van der Waals surface area contributed by atoms with Crippen molar-refractivity contribution in [3.05, 3.63) is 30.0 Å². The number of Topliss-reactive ketones (excluding diaryl/α,β-unsaturated/α-hetero) is 1. The van der Waals surface area contributed by atoms with Crippen LogP contribution in [0, 0.1) is 5.92 Å². The Morgan fingerprint density at radius 1 is 1.38 bits per heavy atom. The molecule has 0 aliphatic carbocycles. The van der Waals surface area contributed by atoms with Gasteiger partial charge >= 0.3 is 0 Å². The van der Waals surface area contributed by atoms with Crippen LogP contribution in [0.15, 0.2) is 24.3 Å². The van der Waals surface area contributed by atoms with Crippen molar-refractivity contribution in [1.29, 1.82) is 0 Å². The molecule has 3 heteroatoms. The lowest BCUT2D eigenvalue weighted by molar-refractivity contribution is -0.121. The van der Waals surface area contributed by atoms with Gasteiger partial charge in [-0.3, -0.25) is 9.48 Å². The number of nitrogens with zero attached hydrogens (tertiary/aromatic N) is 2. The van der Waals surface area contributed by atoms with Crippen LogP contribution >= 0.6 is 0 Å². The predicted octanol–water partition coefficient (Wildman–Crippen LogP) is 2.34. The molecular formula is C13H16N2O. The lowest BCUT2D eigenvalue weighted by atomic mass is 10.0. The van der Waals surface area contributed by atoms with E-state index in [1.807, 2.05) is 49.8 Å². The highest BCUT2D eigenvalue weighted by atomic mass is 16.1. The second-order valence-corrected chi connectivity index (χ2v) is 4.39. The Balaban J connectivity index is 2.42. The van der Waals surface area contributed by atoms with Crippen LogP contribution in [0.4, 0.5) is 0 Å². The minimum absolute atomic E-state index is 0.0702. The summed E-state index contributed by atoms with van der Waals surface area (Å²) in [6, 6.07) is 8.00. The fraction of sp³-hybridized carbons (Fsp3) is 0.385. The first-order valence-electron chi connectivity index (χ1n) is 5.53. The number of rotatable bonds is 3. The van der Waals surface area contributed by atoms with E-state index in [-0.39, 0.29) is 11.7 Å². The quantitative estimate of drug-likeness (QED) is 0.789. The number of aryl methyl sites for hydroxylation is 1. The van der Waals surface area contributed by atoms with Gasteiger partial charge in [0.25, 0.3) is 0 Å². The van der Waals surface area contributed by atoms with Crippen molar-refractivity contribution in [2.24, 2.45) is 13.0 Å². The Hall–Kier alpha value is -1.64. The summed E-state index contributed by atoms with van der Waals surface area (Å²) < 4.78 is 1.83. The Morgan fingerprint density at radius 3 is 2.75 bits per heavy atom. The van der Waals surface area contributed by atoms with E-state index in [2.05, 4.69) is 5.10 Å². The summed E-state index contributed by atoms with van der Waals surface area (Å²) in [5.41, 5.74) is 1.96. The van der Waals surface area contributed by atoms with Gasteiger partial charge in [-0.2, -0.15) is 5.10 Å². The van der Waals surface area contributed by atoms with E-state index in [4.69, 9.17) is 0 Å². The van der Waals surface area contributed by atoms with Crippen molar-refractivity contribution in [2.45, 2.75) is 20.3 Å². The number of benzene rings is 1. The van der Waals surface area contributed by atoms with Crippen molar-refractivity contribution >= 4 is 16.7 Å². The fourth-order valence-electron chi connectivity index (χ4n) is 1.79. The van der Waals surface area contributed by atoms with Crippen molar-refractivity contribution in [3.63, 3.8) is 0 Å². The first-order valence-corrected chi connectivity index (χ1v) is 5.53. The highest BCUT2D eigenvalue weighted by Gasteiger charge is 2.14. The molecule has 16 heavy (non-hydrogen) atoms. The van der Waals surface area contributed by atoms with Crippen LogP contribution in [0.25, 0.3) is 10.9 Å². The van der Waals surface area contributed by atoms with Gasteiger partial charge in [0.2, 0.25) is 0 Å². The fourth-order valence-corrected chi connectivity index (χ4v) is 1.79. The molecule has 1 aromatic carbocycles. The zero-order valence-corrected chi connectivity index (χ0v) is 9.90. The lowest BCUT2D eigenvalue weighted by Crippen LogP contribution is -2.10. The molecule has 2 aromatic rings. The maximum absolute atomic E-state index is 11.7. The van der Waals surface area contributed by atoms with Gasteiger partial charge in [0.1, 0.15) is 5.78 Å². The highest BCUT2D eigenvalue weighted by molar-refractivity contribution is 5.89. The minimum atomic E-state index is 0.0702. The Bertz CT molecular complexity index is 526. The smallest absolute Gasteiger partial charge is 0.141 e. The van der Waals surface area contributed by atoms with Crippen LogP contribution < -0.4 is 0 Å². The minimum Gasteiger partial charge on any atom is -0.299 e. The second kappa shape index (κ2) is 4.08. The van der Waals surface area contributed by atoms with Crippen molar-refractivity contribution in [3.8, 4) is 0 Å². The van der Waals surface area contributed by atoms with E-state index in [1.165, 1.54) is 0 Å². The van der Waals surface area contributed by atoms with Crippen molar-refractivity contribution < 1.29 is 4.79 Å². The molecule has 0 spiro atoms. The van der Waals surface area contributed by atoms with Crippen LogP contribution in [0.2, 0.25) is 0 Å². The van der Waals surface area contributed by atoms with Crippen LogP contribution in [-0.2, 0) is 18.3 Å². The largest absolute Gasteiger partial charge is 0.299 e. The number of hydrogen-bond donors (Lipinski definition) is 0. The molecule has 0 radical (unpaired) electrons. The van der Waals surface area contributed by atoms with Gasteiger partial charge in [0.15, 0.2) is 0 Å². The van der Waals surface area contributed by atoms with Gasteiger partial charge in [0.05, 0.1) is 17.6 Å². The molecule has 3 nitrogen and oxygen atoms in total. The molecule has 2 rings (SSSR count). The number of aromatic nitrogens is 2. The summed E-state index contributed by atoms with van der Waals surface area (Å²) in [4.78, 5) is 11.7. The number of ketones is 1. The molecule has 0 amide bonds. The third-order valence-corrected chi connectivity index (χ3v) is 2.82. The molecule has 0 aliphatic heterocycles. The Kier molecular flexibility index (Phi) is 2.77. The SMILES string of the molecule is CC(C)C(=O)Cc1nn(C)c2ccccc12. The normalized spacial score (nSPS) is 11.2. The van der Waals surface area contributed by atoms with E-state index >= 15 is 0 Å². The zero-order valence-electron chi connectivity index (χ0n) is 9.90. The standard InChI is InChI=1S/C13H16N2O/c1-9(2)13(16)8-11-10-6-4-5-7-12(10)15(3)14-11/h4-7,9H,8H2,1-3H3. The molecule has 84 valence electrons. The Labute approximate surface area is 95.1 Å². The van der Waals surface area contributed by atoms with E-state index in [1.54, 1.807) is 0 Å². The number of para-hydroxylation sites is 1. The highest BCUT2D eigenvalue weighted by Crippen LogP contribution is 2.18. The third kappa shape index (κ3) is 1.85. The number of fused-ring (bicyclic) bond motifs is 1. The number of carbonyl (C=O) groups is 1. The summed E-state index contributed by atoms with van der Waals surface area (Å²) in [7, 11) is 1.91. The maximum atomic E-state index is 11.7. The average molecular weight is 216 g/mol. The third-order valence-electron chi connectivity index (χ3n) is 2.82. The van der Waals surface area contributed by atoms with Gasteiger partial charge in [-0.1, -0.05) is 32.0 Å². The monoisotopic (exact) mass is 216 g/mol. The van der Waals surface area contributed by atoms with Gasteiger partial charge < -0.3 is 0 Å². The summed E-state index contributed by atoms with van der Waals surface area (Å²) in [6.45, 7) is 3.85. The van der Waals surface area contributed by atoms with Crippen molar-refractivity contribution in [2.75, 3.05) is 0 Å². The molecule has 0 bridgehead atoms. The lowest BCUT2D eigenvalue weighted by Gasteiger charge is -2.01. The first kappa shape index (κ1) is 10.9. The summed E-state index contributed by atoms with van der Waals surface area (Å²) in [6.07, 6.45) is 0.430. The van der Waals surface area contributed by atoms with Gasteiger partial charge in [-0.15, -0.1) is 0 Å². The molecule has 0 atom stereocenters. The van der Waals surface area contributed by atoms with Crippen LogP contribution in [0.3, 0.4) is 0 Å². The number of carbonyl (C=O) groups excluding carboxylic acids is 1. The van der Waals surface area contributed by atoms with Gasteiger partial charge in [-0.05, 0) is 6.07 Å². The van der Waals surface area contributed by atoms with Crippen molar-refractivity contribution in [1.82, 2.24) is 9.78 Å². The van der Waals surface area contributed by atoms with Crippen LogP contribution in [0.1, 0.15) is 19.5 Å². The summed E-state index contributed by atoms with van der Waals surface area (Å²) in [5, 5.41) is 5.49. The van der Waals surface area contributed by atoms with Gasteiger partial charge in [0, 0.05) is 18.4 Å². The maximum Gasteiger partial charge on any atom is 0.141 e. The van der Waals surface area contributed by atoms with Gasteiger partial charge in [-0.25, -0.2) is 0 Å².